The first kappa shape index (κ1) is 17.8. The van der Waals surface area contributed by atoms with Gasteiger partial charge in [-0.25, -0.2) is 14.8 Å². The van der Waals surface area contributed by atoms with Crippen molar-refractivity contribution in [2.75, 3.05) is 13.2 Å². The van der Waals surface area contributed by atoms with Crippen molar-refractivity contribution in [2.45, 2.75) is 58.1 Å². The molecule has 128 valence electrons. The lowest BCUT2D eigenvalue weighted by atomic mass is 10.0. The van der Waals surface area contributed by atoms with Gasteiger partial charge in [0.2, 0.25) is 0 Å². The summed E-state index contributed by atoms with van der Waals surface area (Å²) in [6.45, 7) is 6.82. The second kappa shape index (κ2) is 7.81. The Morgan fingerprint density at radius 1 is 1.35 bits per heavy atom. The summed E-state index contributed by atoms with van der Waals surface area (Å²) in [5.41, 5.74) is -0.479. The van der Waals surface area contributed by atoms with Gasteiger partial charge < -0.3 is 14.4 Å². The van der Waals surface area contributed by atoms with E-state index >= 15 is 0 Å². The lowest BCUT2D eigenvalue weighted by molar-refractivity contribution is 0.00732. The van der Waals surface area contributed by atoms with Crippen molar-refractivity contribution in [3.05, 3.63) is 17.4 Å². The van der Waals surface area contributed by atoms with Gasteiger partial charge in [-0.15, -0.1) is 0 Å². The van der Waals surface area contributed by atoms with Crippen molar-refractivity contribution in [3.63, 3.8) is 0 Å². The van der Waals surface area contributed by atoms with Crippen molar-refractivity contribution >= 4 is 17.7 Å². The van der Waals surface area contributed by atoms with Gasteiger partial charge in [0.15, 0.2) is 0 Å². The summed E-state index contributed by atoms with van der Waals surface area (Å²) in [6.07, 6.45) is 6.56. The van der Waals surface area contributed by atoms with Gasteiger partial charge in [0, 0.05) is 19.0 Å². The number of piperidine rings is 1. The number of carbonyl (C=O) groups excluding carboxylic acids is 1. The number of aromatic nitrogens is 2. The Labute approximate surface area is 142 Å². The van der Waals surface area contributed by atoms with E-state index in [2.05, 4.69) is 9.97 Å². The molecule has 2 rings (SSSR count). The normalized spacial score (nSPS) is 18.6. The second-order valence-electron chi connectivity index (χ2n) is 6.64. The van der Waals surface area contributed by atoms with E-state index in [1.54, 1.807) is 0 Å². The van der Waals surface area contributed by atoms with Gasteiger partial charge in [-0.05, 0) is 40.0 Å². The minimum absolute atomic E-state index is 0.130. The average Bonchev–Trinajstić information content (AvgIpc) is 2.48. The summed E-state index contributed by atoms with van der Waals surface area (Å²) in [7, 11) is 0. The number of amides is 1. The van der Waals surface area contributed by atoms with Crippen LogP contribution in [0.4, 0.5) is 4.79 Å². The minimum Gasteiger partial charge on any atom is -0.463 e. The van der Waals surface area contributed by atoms with E-state index in [1.165, 1.54) is 12.4 Å². The van der Waals surface area contributed by atoms with Gasteiger partial charge in [-0.3, -0.25) is 0 Å². The molecule has 0 N–H and O–H groups in total. The smallest absolute Gasteiger partial charge is 0.410 e. The molecule has 7 heteroatoms. The van der Waals surface area contributed by atoms with Crippen LogP contribution in [0.15, 0.2) is 12.4 Å². The summed E-state index contributed by atoms with van der Waals surface area (Å²) in [4.78, 5) is 22.1. The maximum absolute atomic E-state index is 12.3. The molecule has 1 fully saturated rings. The minimum atomic E-state index is -0.479. The van der Waals surface area contributed by atoms with Gasteiger partial charge >= 0.3 is 12.1 Å². The van der Waals surface area contributed by atoms with Crippen LogP contribution in [0.3, 0.4) is 0 Å². The molecule has 6 nitrogen and oxygen atoms in total. The SMILES string of the molecule is CC(C)(C)OC(=O)N1CCCC[C@H]1CCOc1ncc(Cl)cn1. The molecule has 1 aromatic heterocycles. The van der Waals surface area contributed by atoms with Crippen molar-refractivity contribution in [3.8, 4) is 6.01 Å². The highest BCUT2D eigenvalue weighted by Gasteiger charge is 2.30. The summed E-state index contributed by atoms with van der Waals surface area (Å²) in [6, 6.07) is 0.430. The first-order valence-corrected chi connectivity index (χ1v) is 8.33. The molecule has 23 heavy (non-hydrogen) atoms. The predicted octanol–water partition coefficient (Wildman–Crippen LogP) is 3.69. The van der Waals surface area contributed by atoms with Crippen molar-refractivity contribution in [1.29, 1.82) is 0 Å². The molecule has 2 heterocycles. The first-order valence-electron chi connectivity index (χ1n) is 7.95. The average molecular weight is 342 g/mol. The van der Waals surface area contributed by atoms with Gasteiger partial charge in [0.05, 0.1) is 24.0 Å². The zero-order valence-corrected chi connectivity index (χ0v) is 14.7. The summed E-state index contributed by atoms with van der Waals surface area (Å²) in [5, 5.41) is 0.473. The zero-order chi connectivity index (χ0) is 16.9. The topological polar surface area (TPSA) is 64.5 Å². The second-order valence-corrected chi connectivity index (χ2v) is 7.08. The molecule has 1 aliphatic rings. The molecule has 1 aromatic rings. The Balaban J connectivity index is 1.86. The maximum atomic E-state index is 12.3. The number of carbonyl (C=O) groups is 1. The third-order valence-electron chi connectivity index (χ3n) is 3.53. The summed E-state index contributed by atoms with van der Waals surface area (Å²) >= 11 is 5.74. The number of ether oxygens (including phenoxy) is 2. The van der Waals surface area contributed by atoms with Crippen molar-refractivity contribution in [2.24, 2.45) is 0 Å². The molecule has 1 amide bonds. The van der Waals surface area contributed by atoms with Gasteiger partial charge in [-0.1, -0.05) is 11.6 Å². The van der Waals surface area contributed by atoms with Crippen LogP contribution in [-0.2, 0) is 4.74 Å². The molecule has 0 bridgehead atoms. The summed E-state index contributed by atoms with van der Waals surface area (Å²) in [5.74, 6) is 0. The molecule has 1 saturated heterocycles. The van der Waals surface area contributed by atoms with Gasteiger partial charge in [-0.2, -0.15) is 0 Å². The Hall–Kier alpha value is -1.56. The third kappa shape index (κ3) is 5.86. The fourth-order valence-corrected chi connectivity index (χ4v) is 2.62. The van der Waals surface area contributed by atoms with Crippen LogP contribution < -0.4 is 4.74 Å². The monoisotopic (exact) mass is 341 g/mol. The van der Waals surface area contributed by atoms with Crippen LogP contribution in [0, 0.1) is 0 Å². The van der Waals surface area contributed by atoms with E-state index in [4.69, 9.17) is 21.1 Å². The Morgan fingerprint density at radius 2 is 2.04 bits per heavy atom. The van der Waals surface area contributed by atoms with Crippen LogP contribution in [0.1, 0.15) is 46.5 Å². The van der Waals surface area contributed by atoms with Gasteiger partial charge in [0.25, 0.3) is 0 Å². The number of rotatable bonds is 4. The van der Waals surface area contributed by atoms with Crippen LogP contribution in [0.25, 0.3) is 0 Å². The lowest BCUT2D eigenvalue weighted by Gasteiger charge is -2.36. The van der Waals surface area contributed by atoms with E-state index in [-0.39, 0.29) is 12.1 Å². The molecule has 0 aromatic carbocycles. The Bertz CT molecular complexity index is 516. The number of halogens is 1. The molecule has 0 saturated carbocycles. The highest BCUT2D eigenvalue weighted by Crippen LogP contribution is 2.22. The number of likely N-dealkylation sites (tertiary alicyclic amines) is 1. The zero-order valence-electron chi connectivity index (χ0n) is 13.9. The molecule has 1 aliphatic heterocycles. The fraction of sp³-hybridized carbons (Fsp3) is 0.688. The highest BCUT2D eigenvalue weighted by atomic mass is 35.5. The number of hydrogen-bond acceptors (Lipinski definition) is 5. The Kier molecular flexibility index (Phi) is 6.04. The molecule has 0 aliphatic carbocycles. The number of hydrogen-bond donors (Lipinski definition) is 0. The first-order chi connectivity index (χ1) is 10.8. The van der Waals surface area contributed by atoms with E-state index in [9.17, 15) is 4.79 Å². The largest absolute Gasteiger partial charge is 0.463 e. The maximum Gasteiger partial charge on any atom is 0.410 e. The molecule has 0 spiro atoms. The Morgan fingerprint density at radius 3 is 2.70 bits per heavy atom. The van der Waals surface area contributed by atoms with Crippen LogP contribution >= 0.6 is 11.6 Å². The standard InChI is InChI=1S/C16H24ClN3O3/c1-16(2,3)23-15(21)20-8-5-4-6-13(20)7-9-22-14-18-10-12(17)11-19-14/h10-11,13H,4-9H2,1-3H3/t13-/m0/s1. The van der Waals surface area contributed by atoms with Gasteiger partial charge in [0.1, 0.15) is 5.60 Å². The third-order valence-corrected chi connectivity index (χ3v) is 3.73. The van der Waals surface area contributed by atoms with E-state index in [1.807, 2.05) is 25.7 Å². The van der Waals surface area contributed by atoms with E-state index < -0.39 is 5.60 Å². The van der Waals surface area contributed by atoms with Crippen molar-refractivity contribution in [1.82, 2.24) is 14.9 Å². The highest BCUT2D eigenvalue weighted by molar-refractivity contribution is 6.30. The molecular formula is C16H24ClN3O3. The lowest BCUT2D eigenvalue weighted by Crippen LogP contribution is -2.46. The fourth-order valence-electron chi connectivity index (χ4n) is 2.52. The van der Waals surface area contributed by atoms with E-state index in [0.717, 1.165) is 32.2 Å². The molecular weight excluding hydrogens is 318 g/mol. The van der Waals surface area contributed by atoms with Crippen LogP contribution in [0.2, 0.25) is 5.02 Å². The molecule has 0 unspecified atom stereocenters. The summed E-state index contributed by atoms with van der Waals surface area (Å²) < 4.78 is 11.0. The number of nitrogens with zero attached hydrogens (tertiary/aromatic N) is 3. The van der Waals surface area contributed by atoms with E-state index in [0.29, 0.717) is 17.6 Å². The molecule has 1 atom stereocenters. The van der Waals surface area contributed by atoms with Crippen molar-refractivity contribution < 1.29 is 14.3 Å². The van der Waals surface area contributed by atoms with Crippen LogP contribution in [-0.4, -0.2) is 45.8 Å². The quantitative estimate of drug-likeness (QED) is 0.835. The predicted molar refractivity (Wildman–Crippen MR) is 87.7 cm³/mol. The van der Waals surface area contributed by atoms with Crippen LogP contribution in [0.5, 0.6) is 6.01 Å². The molecule has 0 radical (unpaired) electrons.